The minimum absolute atomic E-state index is 0.0184. The van der Waals surface area contributed by atoms with Crippen molar-refractivity contribution in [3.8, 4) is 0 Å². The molecule has 0 saturated heterocycles. The lowest BCUT2D eigenvalue weighted by molar-refractivity contribution is 0.0951. The molecule has 2 aromatic carbocycles. The van der Waals surface area contributed by atoms with Crippen molar-refractivity contribution in [1.82, 2.24) is 10.2 Å². The third-order valence-electron chi connectivity index (χ3n) is 4.28. The molecule has 0 aliphatic carbocycles. The Bertz CT molecular complexity index is 666. The van der Waals surface area contributed by atoms with Gasteiger partial charge in [0.25, 0.3) is 5.91 Å². The summed E-state index contributed by atoms with van der Waals surface area (Å²) < 4.78 is 0. The Labute approximate surface area is 155 Å². The standard InChI is InChI=1S/C21H28N2OS/c1-4-23(5-2)15-18-11-9-17(10-12-18)14-22-21(24)20-8-6-7-19(13-20)16-25-3/h6-13H,4-5,14-16H2,1-3H3,(H,22,24). The lowest BCUT2D eigenvalue weighted by Gasteiger charge is -2.18. The van der Waals surface area contributed by atoms with Crippen molar-refractivity contribution < 1.29 is 4.79 Å². The van der Waals surface area contributed by atoms with E-state index in [1.54, 1.807) is 11.8 Å². The number of benzene rings is 2. The first-order valence-corrected chi connectivity index (χ1v) is 10.2. The van der Waals surface area contributed by atoms with Crippen molar-refractivity contribution >= 4 is 17.7 Å². The molecular formula is C21H28N2OS. The zero-order chi connectivity index (χ0) is 18.1. The molecule has 2 aromatic rings. The van der Waals surface area contributed by atoms with Crippen LogP contribution in [0.4, 0.5) is 0 Å². The van der Waals surface area contributed by atoms with Gasteiger partial charge in [0.1, 0.15) is 0 Å². The molecule has 0 saturated carbocycles. The van der Waals surface area contributed by atoms with E-state index in [2.05, 4.69) is 60.7 Å². The number of nitrogens with zero attached hydrogens (tertiary/aromatic N) is 1. The molecule has 0 spiro atoms. The molecule has 0 unspecified atom stereocenters. The van der Waals surface area contributed by atoms with Crippen molar-refractivity contribution in [2.24, 2.45) is 0 Å². The van der Waals surface area contributed by atoms with Crippen molar-refractivity contribution in [2.75, 3.05) is 19.3 Å². The summed E-state index contributed by atoms with van der Waals surface area (Å²) >= 11 is 1.76. The van der Waals surface area contributed by atoms with Gasteiger partial charge in [0.2, 0.25) is 0 Å². The topological polar surface area (TPSA) is 32.3 Å². The Hall–Kier alpha value is -1.78. The quantitative estimate of drug-likeness (QED) is 0.726. The smallest absolute Gasteiger partial charge is 0.251 e. The van der Waals surface area contributed by atoms with Crippen LogP contribution < -0.4 is 5.32 Å². The molecule has 0 aliphatic heterocycles. The van der Waals surface area contributed by atoms with Crippen LogP contribution in [-0.2, 0) is 18.8 Å². The summed E-state index contributed by atoms with van der Waals surface area (Å²) in [5, 5.41) is 3.01. The van der Waals surface area contributed by atoms with E-state index in [0.717, 1.165) is 36.5 Å². The molecule has 0 atom stereocenters. The fraction of sp³-hybridized carbons (Fsp3) is 0.381. The second-order valence-electron chi connectivity index (χ2n) is 6.09. The zero-order valence-electron chi connectivity index (χ0n) is 15.4. The molecule has 0 bridgehead atoms. The molecule has 25 heavy (non-hydrogen) atoms. The first-order chi connectivity index (χ1) is 12.2. The van der Waals surface area contributed by atoms with E-state index in [0.29, 0.717) is 6.54 Å². The van der Waals surface area contributed by atoms with Crippen LogP contribution in [0.2, 0.25) is 0 Å². The SMILES string of the molecule is CCN(CC)Cc1ccc(CNC(=O)c2cccc(CSC)c2)cc1. The minimum Gasteiger partial charge on any atom is -0.348 e. The predicted molar refractivity (Wildman–Crippen MR) is 108 cm³/mol. The number of hydrogen-bond donors (Lipinski definition) is 1. The summed E-state index contributed by atoms with van der Waals surface area (Å²) in [5.74, 6) is 0.907. The molecule has 0 radical (unpaired) electrons. The van der Waals surface area contributed by atoms with E-state index in [-0.39, 0.29) is 5.91 Å². The van der Waals surface area contributed by atoms with Gasteiger partial charge in [-0.05, 0) is 48.2 Å². The molecule has 4 heteroatoms. The Morgan fingerprint density at radius 3 is 2.32 bits per heavy atom. The summed E-state index contributed by atoms with van der Waals surface area (Å²) in [5.41, 5.74) is 4.34. The van der Waals surface area contributed by atoms with Crippen LogP contribution in [0.25, 0.3) is 0 Å². The molecule has 1 N–H and O–H groups in total. The van der Waals surface area contributed by atoms with Crippen LogP contribution >= 0.6 is 11.8 Å². The summed E-state index contributed by atoms with van der Waals surface area (Å²) in [7, 11) is 0. The number of nitrogens with one attached hydrogen (secondary N) is 1. The average molecular weight is 357 g/mol. The monoisotopic (exact) mass is 356 g/mol. The summed E-state index contributed by atoms with van der Waals surface area (Å²) in [6.07, 6.45) is 2.07. The van der Waals surface area contributed by atoms with Crippen molar-refractivity contribution in [2.45, 2.75) is 32.7 Å². The second kappa shape index (κ2) is 10.3. The molecule has 0 aliphatic rings. The van der Waals surface area contributed by atoms with Crippen LogP contribution in [0.5, 0.6) is 0 Å². The summed E-state index contributed by atoms with van der Waals surface area (Å²) in [6, 6.07) is 16.3. The van der Waals surface area contributed by atoms with E-state index in [9.17, 15) is 4.79 Å². The number of carbonyl (C=O) groups is 1. The lowest BCUT2D eigenvalue weighted by Crippen LogP contribution is -2.23. The zero-order valence-corrected chi connectivity index (χ0v) is 16.2. The Morgan fingerprint density at radius 2 is 1.68 bits per heavy atom. The Kier molecular flexibility index (Phi) is 8.02. The lowest BCUT2D eigenvalue weighted by atomic mass is 10.1. The Morgan fingerprint density at radius 1 is 1.00 bits per heavy atom. The van der Waals surface area contributed by atoms with E-state index in [1.807, 2.05) is 18.2 Å². The van der Waals surface area contributed by atoms with Crippen LogP contribution in [0.1, 0.15) is 40.9 Å². The first kappa shape index (κ1) is 19.5. The van der Waals surface area contributed by atoms with Crippen LogP contribution in [0.3, 0.4) is 0 Å². The normalized spacial score (nSPS) is 10.9. The van der Waals surface area contributed by atoms with Crippen molar-refractivity contribution in [3.63, 3.8) is 0 Å². The second-order valence-corrected chi connectivity index (χ2v) is 6.96. The number of rotatable bonds is 9. The van der Waals surface area contributed by atoms with Gasteiger partial charge < -0.3 is 5.32 Å². The average Bonchev–Trinajstić information content (AvgIpc) is 2.65. The minimum atomic E-state index is -0.0184. The van der Waals surface area contributed by atoms with E-state index >= 15 is 0 Å². The fourth-order valence-electron chi connectivity index (χ4n) is 2.72. The number of amides is 1. The predicted octanol–water partition coefficient (Wildman–Crippen LogP) is 4.32. The number of carbonyl (C=O) groups excluding carboxylic acids is 1. The number of thioether (sulfide) groups is 1. The molecule has 134 valence electrons. The van der Waals surface area contributed by atoms with Crippen LogP contribution in [0, 0.1) is 0 Å². The van der Waals surface area contributed by atoms with E-state index in [1.165, 1.54) is 11.1 Å². The van der Waals surface area contributed by atoms with Crippen molar-refractivity contribution in [3.05, 3.63) is 70.8 Å². The highest BCUT2D eigenvalue weighted by Crippen LogP contribution is 2.12. The van der Waals surface area contributed by atoms with Crippen molar-refractivity contribution in [1.29, 1.82) is 0 Å². The summed E-state index contributed by atoms with van der Waals surface area (Å²) in [6.45, 7) is 8.01. The van der Waals surface area contributed by atoms with Crippen LogP contribution in [-0.4, -0.2) is 30.2 Å². The molecule has 0 heterocycles. The maximum Gasteiger partial charge on any atom is 0.251 e. The van der Waals surface area contributed by atoms with Gasteiger partial charge in [-0.15, -0.1) is 0 Å². The third kappa shape index (κ3) is 6.22. The summed E-state index contributed by atoms with van der Waals surface area (Å²) in [4.78, 5) is 14.7. The molecular weight excluding hydrogens is 328 g/mol. The van der Waals surface area contributed by atoms with Crippen LogP contribution in [0.15, 0.2) is 48.5 Å². The first-order valence-electron chi connectivity index (χ1n) is 8.82. The highest BCUT2D eigenvalue weighted by molar-refractivity contribution is 7.97. The van der Waals surface area contributed by atoms with E-state index in [4.69, 9.17) is 0 Å². The maximum atomic E-state index is 12.3. The highest BCUT2D eigenvalue weighted by atomic mass is 32.2. The fourth-order valence-corrected chi connectivity index (χ4v) is 3.23. The highest BCUT2D eigenvalue weighted by Gasteiger charge is 2.06. The Balaban J connectivity index is 1.90. The molecule has 2 rings (SSSR count). The van der Waals surface area contributed by atoms with Gasteiger partial charge >= 0.3 is 0 Å². The van der Waals surface area contributed by atoms with Gasteiger partial charge in [0.15, 0.2) is 0 Å². The van der Waals surface area contributed by atoms with Gasteiger partial charge in [0.05, 0.1) is 0 Å². The molecule has 0 fully saturated rings. The third-order valence-corrected chi connectivity index (χ3v) is 4.90. The van der Waals surface area contributed by atoms with Gasteiger partial charge in [-0.2, -0.15) is 11.8 Å². The molecule has 1 amide bonds. The van der Waals surface area contributed by atoms with Gasteiger partial charge in [-0.25, -0.2) is 0 Å². The molecule has 3 nitrogen and oxygen atoms in total. The van der Waals surface area contributed by atoms with E-state index < -0.39 is 0 Å². The van der Waals surface area contributed by atoms with Gasteiger partial charge in [-0.3, -0.25) is 9.69 Å². The van der Waals surface area contributed by atoms with Gasteiger partial charge in [0, 0.05) is 24.4 Å². The maximum absolute atomic E-state index is 12.3. The number of hydrogen-bond acceptors (Lipinski definition) is 3. The molecule has 0 aromatic heterocycles. The largest absolute Gasteiger partial charge is 0.348 e. The van der Waals surface area contributed by atoms with Gasteiger partial charge in [-0.1, -0.05) is 50.2 Å².